The minimum absolute atomic E-state index is 0.0711. The number of hydrogen-bond acceptors (Lipinski definition) is 2. The molecule has 0 bridgehead atoms. The summed E-state index contributed by atoms with van der Waals surface area (Å²) in [4.78, 5) is 0. The molecule has 0 fully saturated rings. The molecule has 2 nitrogen and oxygen atoms in total. The van der Waals surface area contributed by atoms with Gasteiger partial charge in [0.1, 0.15) is 11.5 Å². The van der Waals surface area contributed by atoms with Gasteiger partial charge >= 0.3 is 0 Å². The van der Waals surface area contributed by atoms with Gasteiger partial charge in [-0.3, -0.25) is 0 Å². The molecule has 19 heavy (non-hydrogen) atoms. The average Bonchev–Trinajstić information content (AvgIpc) is 2.34. The van der Waals surface area contributed by atoms with Crippen molar-refractivity contribution in [2.75, 3.05) is 0 Å². The highest BCUT2D eigenvalue weighted by atomic mass is 79.9. The quantitative estimate of drug-likeness (QED) is 0.875. The molecule has 2 aromatic rings. The number of halogens is 1. The van der Waals surface area contributed by atoms with Crippen molar-refractivity contribution >= 4 is 15.9 Å². The molecule has 1 atom stereocenters. The minimum Gasteiger partial charge on any atom is -0.457 e. The molecule has 2 N–H and O–H groups in total. The van der Waals surface area contributed by atoms with Crippen LogP contribution in [0.3, 0.4) is 0 Å². The van der Waals surface area contributed by atoms with Gasteiger partial charge in [-0.25, -0.2) is 0 Å². The van der Waals surface area contributed by atoms with Gasteiger partial charge in [0.05, 0.1) is 0 Å². The Morgan fingerprint density at radius 1 is 1.05 bits per heavy atom. The van der Waals surface area contributed by atoms with E-state index >= 15 is 0 Å². The average molecular weight is 320 g/mol. The van der Waals surface area contributed by atoms with E-state index in [4.69, 9.17) is 10.5 Å². The maximum Gasteiger partial charge on any atom is 0.132 e. The van der Waals surface area contributed by atoms with Gasteiger partial charge in [-0.2, -0.15) is 0 Å². The van der Waals surface area contributed by atoms with Crippen molar-refractivity contribution in [2.45, 2.75) is 26.8 Å². The lowest BCUT2D eigenvalue weighted by molar-refractivity contribution is 0.468. The molecule has 0 spiro atoms. The molecule has 0 saturated heterocycles. The number of hydrogen-bond donors (Lipinski definition) is 1. The zero-order valence-corrected chi connectivity index (χ0v) is 13.0. The normalized spacial score (nSPS) is 12.3. The maximum absolute atomic E-state index is 6.01. The highest BCUT2D eigenvalue weighted by Crippen LogP contribution is 2.32. The molecule has 0 aliphatic rings. The first kappa shape index (κ1) is 14.1. The summed E-state index contributed by atoms with van der Waals surface area (Å²) in [5.41, 5.74) is 9.35. The SMILES string of the molecule is Cc1ccc(Oc2ccc(Br)cc2C(C)N)c(C)c1. The largest absolute Gasteiger partial charge is 0.457 e. The van der Waals surface area contributed by atoms with Crippen LogP contribution in [0.5, 0.6) is 11.5 Å². The summed E-state index contributed by atoms with van der Waals surface area (Å²) in [5, 5.41) is 0. The van der Waals surface area contributed by atoms with Crippen molar-refractivity contribution in [3.63, 3.8) is 0 Å². The predicted molar refractivity (Wildman–Crippen MR) is 82.7 cm³/mol. The van der Waals surface area contributed by atoms with Gasteiger partial charge < -0.3 is 10.5 Å². The van der Waals surface area contributed by atoms with Gasteiger partial charge in [0.15, 0.2) is 0 Å². The van der Waals surface area contributed by atoms with Crippen LogP contribution in [-0.4, -0.2) is 0 Å². The van der Waals surface area contributed by atoms with E-state index in [1.807, 2.05) is 44.2 Å². The van der Waals surface area contributed by atoms with Crippen LogP contribution >= 0.6 is 15.9 Å². The van der Waals surface area contributed by atoms with Crippen molar-refractivity contribution in [1.29, 1.82) is 0 Å². The van der Waals surface area contributed by atoms with Crippen LogP contribution in [0.15, 0.2) is 40.9 Å². The van der Waals surface area contributed by atoms with Gasteiger partial charge in [-0.15, -0.1) is 0 Å². The van der Waals surface area contributed by atoms with Gasteiger partial charge in [-0.1, -0.05) is 33.6 Å². The summed E-state index contributed by atoms with van der Waals surface area (Å²) >= 11 is 3.46. The topological polar surface area (TPSA) is 35.2 Å². The molecule has 2 rings (SSSR count). The number of nitrogens with two attached hydrogens (primary N) is 1. The fraction of sp³-hybridized carbons (Fsp3) is 0.250. The second-order valence-corrected chi connectivity index (χ2v) is 5.76. The van der Waals surface area contributed by atoms with Crippen molar-refractivity contribution in [2.24, 2.45) is 5.73 Å². The lowest BCUT2D eigenvalue weighted by Crippen LogP contribution is -2.06. The van der Waals surface area contributed by atoms with Crippen LogP contribution in [0.25, 0.3) is 0 Å². The van der Waals surface area contributed by atoms with Gasteiger partial charge in [-0.05, 0) is 50.6 Å². The van der Waals surface area contributed by atoms with Crippen LogP contribution in [0.2, 0.25) is 0 Å². The molecular formula is C16H18BrNO. The highest BCUT2D eigenvalue weighted by Gasteiger charge is 2.11. The molecule has 0 aromatic heterocycles. The second-order valence-electron chi connectivity index (χ2n) is 4.84. The van der Waals surface area contributed by atoms with E-state index in [9.17, 15) is 0 Å². The standard InChI is InChI=1S/C16H18BrNO/c1-10-4-6-15(11(2)8-10)19-16-7-5-13(17)9-14(16)12(3)18/h4-9,12H,18H2,1-3H3. The molecule has 0 amide bonds. The fourth-order valence-corrected chi connectivity index (χ4v) is 2.38. The monoisotopic (exact) mass is 319 g/mol. The number of rotatable bonds is 3. The van der Waals surface area contributed by atoms with Crippen molar-refractivity contribution in [3.8, 4) is 11.5 Å². The third-order valence-electron chi connectivity index (χ3n) is 3.01. The summed E-state index contributed by atoms with van der Waals surface area (Å²) in [5.74, 6) is 1.68. The Hall–Kier alpha value is -1.32. The van der Waals surface area contributed by atoms with E-state index in [1.54, 1.807) is 0 Å². The van der Waals surface area contributed by atoms with Crippen LogP contribution in [0.1, 0.15) is 29.7 Å². The molecule has 0 heterocycles. The Morgan fingerprint density at radius 2 is 1.74 bits per heavy atom. The summed E-state index contributed by atoms with van der Waals surface area (Å²) in [6, 6.07) is 12.0. The van der Waals surface area contributed by atoms with Gasteiger partial charge in [0.25, 0.3) is 0 Å². The number of ether oxygens (including phenoxy) is 1. The first-order chi connectivity index (χ1) is 8.97. The van der Waals surface area contributed by atoms with Crippen molar-refractivity contribution < 1.29 is 4.74 Å². The van der Waals surface area contributed by atoms with Gasteiger partial charge in [0.2, 0.25) is 0 Å². The summed E-state index contributed by atoms with van der Waals surface area (Å²) < 4.78 is 7.02. The van der Waals surface area contributed by atoms with E-state index in [-0.39, 0.29) is 6.04 Å². The molecule has 0 radical (unpaired) electrons. The third-order valence-corrected chi connectivity index (χ3v) is 3.51. The Labute approximate surface area is 122 Å². The van der Waals surface area contributed by atoms with E-state index < -0.39 is 0 Å². The van der Waals surface area contributed by atoms with Gasteiger partial charge in [0, 0.05) is 16.1 Å². The van der Waals surface area contributed by atoms with E-state index in [1.165, 1.54) is 5.56 Å². The van der Waals surface area contributed by atoms with Crippen LogP contribution < -0.4 is 10.5 Å². The van der Waals surface area contributed by atoms with E-state index in [2.05, 4.69) is 28.9 Å². The molecular weight excluding hydrogens is 302 g/mol. The van der Waals surface area contributed by atoms with Crippen molar-refractivity contribution in [3.05, 3.63) is 57.6 Å². The van der Waals surface area contributed by atoms with Crippen LogP contribution in [0.4, 0.5) is 0 Å². The fourth-order valence-electron chi connectivity index (χ4n) is 2.00. The summed E-state index contributed by atoms with van der Waals surface area (Å²) in [7, 11) is 0. The van der Waals surface area contributed by atoms with E-state index in [0.717, 1.165) is 27.1 Å². The minimum atomic E-state index is -0.0711. The molecule has 1 unspecified atom stereocenters. The van der Waals surface area contributed by atoms with Crippen molar-refractivity contribution in [1.82, 2.24) is 0 Å². The van der Waals surface area contributed by atoms with Crippen LogP contribution in [0, 0.1) is 13.8 Å². The molecule has 3 heteroatoms. The predicted octanol–water partition coefficient (Wildman–Crippen LogP) is 4.88. The molecule has 100 valence electrons. The Morgan fingerprint density at radius 3 is 2.37 bits per heavy atom. The zero-order chi connectivity index (χ0) is 14.0. The molecule has 0 aliphatic heterocycles. The zero-order valence-electron chi connectivity index (χ0n) is 11.4. The molecule has 0 saturated carbocycles. The lowest BCUT2D eigenvalue weighted by atomic mass is 10.1. The first-order valence-electron chi connectivity index (χ1n) is 6.27. The highest BCUT2D eigenvalue weighted by molar-refractivity contribution is 9.10. The molecule has 2 aromatic carbocycles. The van der Waals surface area contributed by atoms with Crippen LogP contribution in [-0.2, 0) is 0 Å². The first-order valence-corrected chi connectivity index (χ1v) is 7.07. The Bertz CT molecular complexity index is 593. The Balaban J connectivity index is 2.38. The molecule has 0 aliphatic carbocycles. The smallest absolute Gasteiger partial charge is 0.132 e. The number of benzene rings is 2. The maximum atomic E-state index is 6.01. The van der Waals surface area contributed by atoms with E-state index in [0.29, 0.717) is 0 Å². The third kappa shape index (κ3) is 3.37. The lowest BCUT2D eigenvalue weighted by Gasteiger charge is -2.15. The second kappa shape index (κ2) is 5.76. The summed E-state index contributed by atoms with van der Waals surface area (Å²) in [6.45, 7) is 6.08. The Kier molecular flexibility index (Phi) is 4.27. The number of aryl methyl sites for hydroxylation is 2. The summed E-state index contributed by atoms with van der Waals surface area (Å²) in [6.07, 6.45) is 0.